The second-order valence-electron chi connectivity index (χ2n) is 10.2. The first kappa shape index (κ1) is 17.8. The average molecular weight is 350 g/mol. The Balaban J connectivity index is 1.71. The van der Waals surface area contributed by atoms with Gasteiger partial charge in [0, 0.05) is 0 Å². The number of ether oxygens (including phenoxy) is 1. The van der Waals surface area contributed by atoms with Gasteiger partial charge < -0.3 is 14.9 Å². The largest absolute Gasteiger partial charge is 0.469 e. The van der Waals surface area contributed by atoms with Crippen molar-refractivity contribution in [3.05, 3.63) is 0 Å². The highest BCUT2D eigenvalue weighted by Gasteiger charge is 2.68. The van der Waals surface area contributed by atoms with E-state index in [-0.39, 0.29) is 34.7 Å². The molecule has 2 N–H and O–H groups in total. The van der Waals surface area contributed by atoms with E-state index < -0.39 is 5.60 Å². The zero-order valence-corrected chi connectivity index (χ0v) is 16.0. The number of aliphatic hydroxyl groups is 2. The van der Waals surface area contributed by atoms with Crippen molar-refractivity contribution in [2.24, 2.45) is 34.0 Å². The van der Waals surface area contributed by atoms with Crippen LogP contribution in [0.4, 0.5) is 0 Å². The molecule has 3 unspecified atom stereocenters. The average Bonchev–Trinajstić information content (AvgIpc) is 2.80. The lowest BCUT2D eigenvalue weighted by atomic mass is 9.41. The number of methoxy groups -OCH3 is 1. The summed E-state index contributed by atoms with van der Waals surface area (Å²) < 4.78 is 5.22. The molecule has 142 valence electrons. The van der Waals surface area contributed by atoms with E-state index in [2.05, 4.69) is 13.8 Å². The van der Waals surface area contributed by atoms with E-state index in [0.29, 0.717) is 11.8 Å². The maximum Gasteiger partial charge on any atom is 0.311 e. The highest BCUT2D eigenvalue weighted by Crippen LogP contribution is 2.72. The van der Waals surface area contributed by atoms with Crippen LogP contribution in [0.5, 0.6) is 0 Å². The summed E-state index contributed by atoms with van der Waals surface area (Å²) in [5, 5.41) is 20.8. The van der Waals surface area contributed by atoms with Gasteiger partial charge in [0.2, 0.25) is 0 Å². The van der Waals surface area contributed by atoms with Crippen molar-refractivity contribution in [2.75, 3.05) is 13.7 Å². The summed E-state index contributed by atoms with van der Waals surface area (Å²) in [6.45, 7) is 4.44. The minimum atomic E-state index is -0.877. The lowest BCUT2D eigenvalue weighted by molar-refractivity contribution is -0.184. The fourth-order valence-electron chi connectivity index (χ4n) is 8.28. The summed E-state index contributed by atoms with van der Waals surface area (Å²) in [6, 6.07) is 0. The normalized spacial score (nSPS) is 54.5. The van der Waals surface area contributed by atoms with Crippen LogP contribution in [0, 0.1) is 34.0 Å². The molecule has 4 heteroatoms. The Morgan fingerprint density at radius 3 is 2.56 bits per heavy atom. The van der Waals surface area contributed by atoms with Crippen LogP contribution in [0.15, 0.2) is 0 Å². The van der Waals surface area contributed by atoms with Crippen LogP contribution in [0.2, 0.25) is 0 Å². The number of fused-ring (bicyclic) bond motifs is 3. The predicted octanol–water partition coefficient (Wildman–Crippen LogP) is 3.30. The Morgan fingerprint density at radius 1 is 1.12 bits per heavy atom. The van der Waals surface area contributed by atoms with Gasteiger partial charge in [-0.05, 0) is 86.9 Å². The summed E-state index contributed by atoms with van der Waals surface area (Å²) in [7, 11) is 1.52. The first-order chi connectivity index (χ1) is 11.7. The number of hydrogen-bond donors (Lipinski definition) is 2. The summed E-state index contributed by atoms with van der Waals surface area (Å²) in [5.41, 5.74) is -0.935. The van der Waals surface area contributed by atoms with Crippen molar-refractivity contribution in [3.8, 4) is 0 Å². The van der Waals surface area contributed by atoms with Crippen molar-refractivity contribution in [3.63, 3.8) is 0 Å². The van der Waals surface area contributed by atoms with Gasteiger partial charge in [-0.3, -0.25) is 4.79 Å². The first-order valence-corrected chi connectivity index (χ1v) is 10.2. The Kier molecular flexibility index (Phi) is 3.88. The zero-order chi connectivity index (χ0) is 18.1. The molecule has 4 aliphatic rings. The molecule has 25 heavy (non-hydrogen) atoms. The lowest BCUT2D eigenvalue weighted by Gasteiger charge is -2.63. The van der Waals surface area contributed by atoms with Crippen molar-refractivity contribution in [1.29, 1.82) is 0 Å². The van der Waals surface area contributed by atoms with E-state index in [4.69, 9.17) is 4.74 Å². The third kappa shape index (κ3) is 2.16. The Labute approximate surface area is 151 Å². The minimum Gasteiger partial charge on any atom is -0.469 e. The van der Waals surface area contributed by atoms with Crippen LogP contribution < -0.4 is 0 Å². The molecule has 4 nitrogen and oxygen atoms in total. The predicted molar refractivity (Wildman–Crippen MR) is 94.7 cm³/mol. The standard InChI is InChI=1S/C21H34O4/c1-18-8-4-9-19(2,17(23)25-3)15(18)7-10-20-11-14(5-6-16(18)20)21(24,12-20)13-22/h14-16,22,24H,4-13H2,1-3H3/t14-,15?,16?,18+,19+,20?,21-/m0/s1. The molecule has 0 saturated heterocycles. The van der Waals surface area contributed by atoms with Crippen LogP contribution >= 0.6 is 0 Å². The van der Waals surface area contributed by atoms with Gasteiger partial charge in [-0.25, -0.2) is 0 Å². The van der Waals surface area contributed by atoms with Gasteiger partial charge >= 0.3 is 5.97 Å². The molecule has 0 aromatic carbocycles. The summed E-state index contributed by atoms with van der Waals surface area (Å²) in [4.78, 5) is 12.7. The topological polar surface area (TPSA) is 66.8 Å². The van der Waals surface area contributed by atoms with Crippen LogP contribution in [0.3, 0.4) is 0 Å². The van der Waals surface area contributed by atoms with Gasteiger partial charge in [0.25, 0.3) is 0 Å². The Hall–Kier alpha value is -0.610. The van der Waals surface area contributed by atoms with Gasteiger partial charge in [0.1, 0.15) is 0 Å². The lowest BCUT2D eigenvalue weighted by Crippen LogP contribution is -2.58. The maximum atomic E-state index is 12.7. The van der Waals surface area contributed by atoms with E-state index in [0.717, 1.165) is 51.4 Å². The van der Waals surface area contributed by atoms with Crippen LogP contribution in [-0.4, -0.2) is 35.5 Å². The third-order valence-electron chi connectivity index (χ3n) is 9.24. The molecule has 0 heterocycles. The van der Waals surface area contributed by atoms with E-state index in [9.17, 15) is 15.0 Å². The zero-order valence-electron chi connectivity index (χ0n) is 16.0. The van der Waals surface area contributed by atoms with Crippen LogP contribution in [-0.2, 0) is 9.53 Å². The minimum absolute atomic E-state index is 0.0358. The van der Waals surface area contributed by atoms with E-state index in [1.54, 1.807) is 0 Å². The van der Waals surface area contributed by atoms with Crippen molar-refractivity contribution >= 4 is 5.97 Å². The second kappa shape index (κ2) is 5.45. The number of rotatable bonds is 2. The SMILES string of the molecule is COC(=O)[C@]1(C)CCC[C@@]2(C)C3CC[C@H]4CC3(CCC21)C[C@]4(O)CO. The molecule has 2 bridgehead atoms. The molecule has 7 atom stereocenters. The monoisotopic (exact) mass is 350 g/mol. The summed E-state index contributed by atoms with van der Waals surface area (Å²) >= 11 is 0. The molecule has 0 amide bonds. The molecule has 0 aliphatic heterocycles. The number of hydrogen-bond acceptors (Lipinski definition) is 4. The maximum absolute atomic E-state index is 12.7. The molecule has 4 aliphatic carbocycles. The summed E-state index contributed by atoms with van der Waals surface area (Å²) in [5.74, 6) is 1.15. The van der Waals surface area contributed by atoms with E-state index in [1.807, 2.05) is 0 Å². The first-order valence-electron chi connectivity index (χ1n) is 10.2. The van der Waals surface area contributed by atoms with Gasteiger partial charge in [0.15, 0.2) is 0 Å². The molecule has 0 radical (unpaired) electrons. The fourth-order valence-corrected chi connectivity index (χ4v) is 8.28. The van der Waals surface area contributed by atoms with Gasteiger partial charge in [-0.2, -0.15) is 0 Å². The molecule has 0 aromatic rings. The fraction of sp³-hybridized carbons (Fsp3) is 0.952. The number of aliphatic hydroxyl groups excluding tert-OH is 1. The van der Waals surface area contributed by atoms with E-state index >= 15 is 0 Å². The Morgan fingerprint density at radius 2 is 1.88 bits per heavy atom. The van der Waals surface area contributed by atoms with Crippen molar-refractivity contribution in [2.45, 2.75) is 77.2 Å². The molecule has 4 saturated carbocycles. The van der Waals surface area contributed by atoms with Gasteiger partial charge in [-0.15, -0.1) is 0 Å². The molecule has 4 fully saturated rings. The Bertz CT molecular complexity index is 576. The summed E-state index contributed by atoms with van der Waals surface area (Å²) in [6.07, 6.45) is 9.30. The molecular formula is C21H34O4. The number of carbonyl (C=O) groups is 1. The van der Waals surface area contributed by atoms with Crippen molar-refractivity contribution < 1.29 is 19.7 Å². The third-order valence-corrected chi connectivity index (χ3v) is 9.24. The highest BCUT2D eigenvalue weighted by molar-refractivity contribution is 5.77. The van der Waals surface area contributed by atoms with Gasteiger partial charge in [0.05, 0.1) is 24.7 Å². The molecule has 1 spiro atoms. The van der Waals surface area contributed by atoms with Crippen LogP contribution in [0.25, 0.3) is 0 Å². The number of esters is 1. The van der Waals surface area contributed by atoms with Crippen LogP contribution in [0.1, 0.15) is 71.6 Å². The molecule has 4 rings (SSSR count). The molecular weight excluding hydrogens is 316 g/mol. The van der Waals surface area contributed by atoms with Crippen molar-refractivity contribution in [1.82, 2.24) is 0 Å². The highest BCUT2D eigenvalue weighted by atomic mass is 16.5. The molecule has 0 aromatic heterocycles. The smallest absolute Gasteiger partial charge is 0.311 e. The second-order valence-corrected chi connectivity index (χ2v) is 10.2. The quantitative estimate of drug-likeness (QED) is 0.750. The number of carbonyl (C=O) groups excluding carboxylic acids is 1. The van der Waals surface area contributed by atoms with Gasteiger partial charge in [-0.1, -0.05) is 13.3 Å². The van der Waals surface area contributed by atoms with E-state index in [1.165, 1.54) is 13.5 Å².